The predicted octanol–water partition coefficient (Wildman–Crippen LogP) is 1.00. The van der Waals surface area contributed by atoms with Gasteiger partial charge in [-0.05, 0) is 38.2 Å². The minimum atomic E-state index is -1.30. The fraction of sp³-hybridized carbons (Fsp3) is 0.476. The van der Waals surface area contributed by atoms with Gasteiger partial charge in [-0.2, -0.15) is 0 Å². The van der Waals surface area contributed by atoms with E-state index < -0.39 is 29.1 Å². The summed E-state index contributed by atoms with van der Waals surface area (Å²) in [6.45, 7) is 5.41. The molecule has 2 heterocycles. The van der Waals surface area contributed by atoms with E-state index in [1.807, 2.05) is 19.1 Å². The van der Waals surface area contributed by atoms with Crippen molar-refractivity contribution in [3.05, 3.63) is 47.2 Å². The number of ketones is 1. The second kappa shape index (κ2) is 7.75. The van der Waals surface area contributed by atoms with Crippen molar-refractivity contribution in [2.75, 3.05) is 19.8 Å². The molecule has 2 amide bonds. The smallest absolute Gasteiger partial charge is 0.253 e. The van der Waals surface area contributed by atoms with Gasteiger partial charge in [0.1, 0.15) is 5.54 Å². The molecule has 0 bridgehead atoms. The van der Waals surface area contributed by atoms with E-state index in [-0.39, 0.29) is 11.5 Å². The van der Waals surface area contributed by atoms with Crippen LogP contribution in [0.15, 0.2) is 36.0 Å². The summed E-state index contributed by atoms with van der Waals surface area (Å²) in [5, 5.41) is 0. The van der Waals surface area contributed by atoms with Crippen LogP contribution < -0.4 is 11.5 Å². The summed E-state index contributed by atoms with van der Waals surface area (Å²) >= 11 is 0. The first-order valence-electron chi connectivity index (χ1n) is 9.52. The highest BCUT2D eigenvalue weighted by atomic mass is 16.5. The van der Waals surface area contributed by atoms with Crippen LogP contribution in [0.5, 0.6) is 0 Å². The molecule has 150 valence electrons. The van der Waals surface area contributed by atoms with Crippen molar-refractivity contribution in [2.24, 2.45) is 17.4 Å². The maximum Gasteiger partial charge on any atom is 0.253 e. The van der Waals surface area contributed by atoms with E-state index in [4.69, 9.17) is 16.2 Å². The Hall–Kier alpha value is -2.67. The Morgan fingerprint density at radius 3 is 2.32 bits per heavy atom. The first kappa shape index (κ1) is 20.1. The molecule has 1 fully saturated rings. The quantitative estimate of drug-likeness (QED) is 0.734. The first-order valence-corrected chi connectivity index (χ1v) is 9.52. The fourth-order valence-electron chi connectivity index (χ4n) is 4.08. The third kappa shape index (κ3) is 3.54. The summed E-state index contributed by atoms with van der Waals surface area (Å²) in [4.78, 5) is 39.6. The van der Waals surface area contributed by atoms with Crippen LogP contribution in [-0.4, -0.2) is 47.8 Å². The zero-order valence-corrected chi connectivity index (χ0v) is 16.3. The highest BCUT2D eigenvalue weighted by Gasteiger charge is 2.53. The minimum absolute atomic E-state index is 0.101. The van der Waals surface area contributed by atoms with E-state index in [9.17, 15) is 14.4 Å². The summed E-state index contributed by atoms with van der Waals surface area (Å²) in [5.41, 5.74) is 11.6. The Bertz CT molecular complexity index is 811. The molecule has 4 N–H and O–H groups in total. The van der Waals surface area contributed by atoms with E-state index >= 15 is 0 Å². The zero-order chi connectivity index (χ0) is 20.5. The number of carbonyl (C=O) groups is 3. The van der Waals surface area contributed by atoms with Crippen LogP contribution >= 0.6 is 0 Å². The largest absolute Gasteiger partial charge is 0.381 e. The van der Waals surface area contributed by atoms with Gasteiger partial charge in [0.05, 0.1) is 11.5 Å². The van der Waals surface area contributed by atoms with Crippen LogP contribution in [0.4, 0.5) is 0 Å². The summed E-state index contributed by atoms with van der Waals surface area (Å²) in [6.07, 6.45) is 3.11. The normalized spacial score (nSPS) is 26.1. The lowest BCUT2D eigenvalue weighted by molar-refractivity contribution is -0.137. The number of primary amides is 2. The van der Waals surface area contributed by atoms with Gasteiger partial charge in [0, 0.05) is 26.0 Å². The molecule has 1 saturated heterocycles. The van der Waals surface area contributed by atoms with Gasteiger partial charge in [-0.25, -0.2) is 0 Å². The Balaban J connectivity index is 2.09. The molecular weight excluding hydrogens is 358 g/mol. The number of rotatable bonds is 5. The highest BCUT2D eigenvalue weighted by Crippen LogP contribution is 2.41. The molecule has 0 aliphatic carbocycles. The number of Topliss-reactive ketones (excluding diaryl/α,β-unsaturated/α-hetero) is 1. The van der Waals surface area contributed by atoms with Gasteiger partial charge in [-0.3, -0.25) is 14.4 Å². The standard InChI is InChI=1S/C21H27N3O4/c1-13-3-5-15(6-4-13)17-18(25)16(19(22)26)12-24(21(17,2)20(23)27)11-14-7-9-28-10-8-14/h3-6,12,14,17H,7-11H2,1-2H3,(H2,22,26)(H2,23,27). The lowest BCUT2D eigenvalue weighted by Crippen LogP contribution is -2.62. The zero-order valence-electron chi connectivity index (χ0n) is 16.3. The third-order valence-corrected chi connectivity index (χ3v) is 5.94. The molecule has 0 spiro atoms. The molecule has 3 rings (SSSR count). The van der Waals surface area contributed by atoms with Crippen molar-refractivity contribution in [1.29, 1.82) is 0 Å². The average Bonchev–Trinajstić information content (AvgIpc) is 2.66. The monoisotopic (exact) mass is 385 g/mol. The molecule has 0 aromatic heterocycles. The number of amides is 2. The van der Waals surface area contributed by atoms with Crippen LogP contribution in [0.25, 0.3) is 0 Å². The van der Waals surface area contributed by atoms with Crippen LogP contribution in [0, 0.1) is 12.8 Å². The molecule has 0 radical (unpaired) electrons. The van der Waals surface area contributed by atoms with Crippen LogP contribution in [0.2, 0.25) is 0 Å². The summed E-state index contributed by atoms with van der Waals surface area (Å²) < 4.78 is 5.41. The van der Waals surface area contributed by atoms with Gasteiger partial charge < -0.3 is 21.1 Å². The van der Waals surface area contributed by atoms with Gasteiger partial charge in [0.25, 0.3) is 5.91 Å². The second-order valence-electron chi connectivity index (χ2n) is 7.83. The summed E-state index contributed by atoms with van der Waals surface area (Å²) in [6, 6.07) is 7.34. The molecule has 28 heavy (non-hydrogen) atoms. The molecule has 2 aliphatic heterocycles. The van der Waals surface area contributed by atoms with Crippen molar-refractivity contribution >= 4 is 17.6 Å². The molecule has 1 aromatic rings. The van der Waals surface area contributed by atoms with Gasteiger partial charge in [0.2, 0.25) is 5.91 Å². The highest BCUT2D eigenvalue weighted by molar-refractivity contribution is 6.23. The van der Waals surface area contributed by atoms with E-state index in [2.05, 4.69) is 0 Å². The predicted molar refractivity (Wildman–Crippen MR) is 104 cm³/mol. The summed E-state index contributed by atoms with van der Waals surface area (Å²) in [5.74, 6) is -2.52. The molecular formula is C21H27N3O4. The first-order chi connectivity index (χ1) is 13.2. The van der Waals surface area contributed by atoms with Gasteiger partial charge >= 0.3 is 0 Å². The average molecular weight is 385 g/mol. The molecule has 2 unspecified atom stereocenters. The number of nitrogens with two attached hydrogens (primary N) is 2. The third-order valence-electron chi connectivity index (χ3n) is 5.94. The lowest BCUT2D eigenvalue weighted by atomic mass is 9.71. The maximum atomic E-state index is 13.2. The summed E-state index contributed by atoms with van der Waals surface area (Å²) in [7, 11) is 0. The number of aryl methyl sites for hydroxylation is 1. The van der Waals surface area contributed by atoms with E-state index in [1.165, 1.54) is 6.20 Å². The topological polar surface area (TPSA) is 116 Å². The number of hydrogen-bond acceptors (Lipinski definition) is 5. The van der Waals surface area contributed by atoms with Gasteiger partial charge in [-0.15, -0.1) is 0 Å². The van der Waals surface area contributed by atoms with Crippen molar-refractivity contribution in [1.82, 2.24) is 4.90 Å². The number of ether oxygens (including phenoxy) is 1. The Morgan fingerprint density at radius 2 is 1.79 bits per heavy atom. The number of hydrogen-bond donors (Lipinski definition) is 2. The Labute approximate surface area is 164 Å². The SMILES string of the molecule is Cc1ccc(C2C(=O)C(C(N)=O)=CN(CC3CCOCC3)C2(C)C(N)=O)cc1. The van der Waals surface area contributed by atoms with Crippen LogP contribution in [0.1, 0.15) is 36.8 Å². The fourth-order valence-corrected chi connectivity index (χ4v) is 4.08. The van der Waals surface area contributed by atoms with Gasteiger partial charge in [0.15, 0.2) is 5.78 Å². The number of benzene rings is 1. The molecule has 7 heteroatoms. The molecule has 0 saturated carbocycles. The molecule has 1 aromatic carbocycles. The number of carbonyl (C=O) groups excluding carboxylic acids is 3. The maximum absolute atomic E-state index is 13.2. The van der Waals surface area contributed by atoms with Crippen molar-refractivity contribution in [3.8, 4) is 0 Å². The van der Waals surface area contributed by atoms with E-state index in [1.54, 1.807) is 24.0 Å². The van der Waals surface area contributed by atoms with Crippen LogP contribution in [0.3, 0.4) is 0 Å². The van der Waals surface area contributed by atoms with Crippen molar-refractivity contribution < 1.29 is 19.1 Å². The lowest BCUT2D eigenvalue weighted by Gasteiger charge is -2.48. The van der Waals surface area contributed by atoms with Crippen LogP contribution in [-0.2, 0) is 19.1 Å². The Kier molecular flexibility index (Phi) is 5.56. The van der Waals surface area contributed by atoms with Crippen molar-refractivity contribution in [2.45, 2.75) is 38.1 Å². The molecule has 2 atom stereocenters. The number of nitrogens with zero attached hydrogens (tertiary/aromatic N) is 1. The van der Waals surface area contributed by atoms with Crippen molar-refractivity contribution in [3.63, 3.8) is 0 Å². The molecule has 7 nitrogen and oxygen atoms in total. The Morgan fingerprint density at radius 1 is 1.18 bits per heavy atom. The van der Waals surface area contributed by atoms with Gasteiger partial charge in [-0.1, -0.05) is 29.8 Å². The second-order valence-corrected chi connectivity index (χ2v) is 7.83. The molecule has 2 aliphatic rings. The van der Waals surface area contributed by atoms with E-state index in [0.29, 0.717) is 25.3 Å². The van der Waals surface area contributed by atoms with E-state index in [0.717, 1.165) is 18.4 Å². The minimum Gasteiger partial charge on any atom is -0.381 e.